The van der Waals surface area contributed by atoms with Crippen molar-refractivity contribution in [2.45, 2.75) is 6.42 Å². The molecule has 0 spiro atoms. The third-order valence-electron chi connectivity index (χ3n) is 7.21. The Labute approximate surface area is 198 Å². The number of fused-ring (bicyclic) bond motifs is 5. The maximum absolute atomic E-state index is 11.6. The molecule has 34 heavy (non-hydrogen) atoms. The molecule has 6 aromatic rings. The quantitative estimate of drug-likeness (QED) is 0.289. The lowest BCUT2D eigenvalue weighted by molar-refractivity contribution is 0.478. The van der Waals surface area contributed by atoms with Crippen LogP contribution in [0.3, 0.4) is 0 Å². The van der Waals surface area contributed by atoms with Crippen LogP contribution >= 0.6 is 0 Å². The van der Waals surface area contributed by atoms with Crippen LogP contribution in [0.15, 0.2) is 115 Å². The largest absolute Gasteiger partial charge is 0.507 e. The fourth-order valence-electron chi connectivity index (χ4n) is 5.72. The first-order chi connectivity index (χ1) is 16.8. The van der Waals surface area contributed by atoms with Crippen LogP contribution in [0.25, 0.3) is 54.9 Å². The molecule has 0 atom stereocenters. The first-order valence-electron chi connectivity index (χ1n) is 11.7. The molecule has 0 aromatic heterocycles. The molecule has 0 bridgehead atoms. The summed E-state index contributed by atoms with van der Waals surface area (Å²) in [4.78, 5) is 0. The van der Waals surface area contributed by atoms with Gasteiger partial charge in [-0.05, 0) is 73.0 Å². The summed E-state index contributed by atoms with van der Waals surface area (Å²) in [6, 6.07) is 40.4. The normalized spacial score (nSPS) is 12.1. The van der Waals surface area contributed by atoms with E-state index in [-0.39, 0.29) is 0 Å². The van der Waals surface area contributed by atoms with Crippen molar-refractivity contribution in [3.63, 3.8) is 0 Å². The number of aromatic hydroxyl groups is 1. The highest BCUT2D eigenvalue weighted by molar-refractivity contribution is 6.09. The highest BCUT2D eigenvalue weighted by Gasteiger charge is 2.28. The molecular weight excluding hydrogens is 412 g/mol. The summed E-state index contributed by atoms with van der Waals surface area (Å²) in [5, 5.41) is 16.4. The van der Waals surface area contributed by atoms with Crippen LogP contribution < -0.4 is 0 Å². The summed E-state index contributed by atoms with van der Waals surface area (Å²) in [5.74, 6) is 0.328. The van der Waals surface area contributed by atoms with E-state index in [0.717, 1.165) is 34.1 Å². The molecular formula is C33H22O. The lowest BCUT2D eigenvalue weighted by Gasteiger charge is -2.20. The van der Waals surface area contributed by atoms with Crippen LogP contribution in [-0.2, 0) is 6.42 Å². The van der Waals surface area contributed by atoms with Gasteiger partial charge in [0.1, 0.15) is 5.75 Å². The monoisotopic (exact) mass is 434 g/mol. The Balaban J connectivity index is 1.65. The number of hydrogen-bond acceptors (Lipinski definition) is 1. The molecule has 0 aliphatic heterocycles. The lowest BCUT2D eigenvalue weighted by Crippen LogP contribution is -1.95. The van der Waals surface area contributed by atoms with E-state index in [0.29, 0.717) is 5.75 Å². The fourth-order valence-corrected chi connectivity index (χ4v) is 5.72. The lowest BCUT2D eigenvalue weighted by atomic mass is 9.84. The summed E-state index contributed by atoms with van der Waals surface area (Å²) < 4.78 is 0. The number of phenolic OH excluding ortho intramolecular Hbond substituents is 1. The maximum atomic E-state index is 11.6. The van der Waals surface area contributed by atoms with Gasteiger partial charge in [0, 0.05) is 5.56 Å². The first-order valence-corrected chi connectivity index (χ1v) is 11.7. The predicted molar refractivity (Wildman–Crippen MR) is 142 cm³/mol. The highest BCUT2D eigenvalue weighted by Crippen LogP contribution is 2.51. The zero-order valence-electron chi connectivity index (χ0n) is 18.6. The van der Waals surface area contributed by atoms with Crippen LogP contribution in [0.4, 0.5) is 0 Å². The molecule has 1 heteroatoms. The minimum absolute atomic E-state index is 0.328. The number of phenols is 1. The smallest absolute Gasteiger partial charge is 0.124 e. The predicted octanol–water partition coefficient (Wildman–Crippen LogP) is 8.60. The molecule has 160 valence electrons. The molecule has 0 amide bonds. The van der Waals surface area contributed by atoms with Gasteiger partial charge in [0.25, 0.3) is 0 Å². The van der Waals surface area contributed by atoms with Crippen molar-refractivity contribution < 1.29 is 5.11 Å². The van der Waals surface area contributed by atoms with Gasteiger partial charge in [-0.1, -0.05) is 109 Å². The topological polar surface area (TPSA) is 20.2 Å². The van der Waals surface area contributed by atoms with Crippen molar-refractivity contribution in [2.75, 3.05) is 0 Å². The second kappa shape index (κ2) is 7.33. The average Bonchev–Trinajstić information content (AvgIpc) is 3.25. The third-order valence-corrected chi connectivity index (χ3v) is 7.21. The van der Waals surface area contributed by atoms with Gasteiger partial charge in [-0.2, -0.15) is 0 Å². The van der Waals surface area contributed by atoms with E-state index >= 15 is 0 Å². The van der Waals surface area contributed by atoms with E-state index in [1.54, 1.807) is 0 Å². The number of hydrogen-bond donors (Lipinski definition) is 1. The van der Waals surface area contributed by atoms with Gasteiger partial charge in [-0.25, -0.2) is 0 Å². The highest BCUT2D eigenvalue weighted by atomic mass is 16.3. The Morgan fingerprint density at radius 3 is 1.71 bits per heavy atom. The average molecular weight is 435 g/mol. The third kappa shape index (κ3) is 2.74. The molecule has 7 rings (SSSR count). The zero-order valence-corrected chi connectivity index (χ0v) is 18.6. The standard InChI is InChI=1S/C33H22O/c34-31-20-29-26-16-6-3-11-23(26)19-30(29)32(27-17-7-12-21-9-1-4-14-24(21)27)33(31)28-18-8-13-22-10-2-5-15-25(22)28/h1-18,20,34H,19H2. The summed E-state index contributed by atoms with van der Waals surface area (Å²) in [6.45, 7) is 0. The summed E-state index contributed by atoms with van der Waals surface area (Å²) >= 11 is 0. The summed E-state index contributed by atoms with van der Waals surface area (Å²) in [5.41, 5.74) is 9.25. The maximum Gasteiger partial charge on any atom is 0.124 e. The Bertz CT molecular complexity index is 1730. The van der Waals surface area contributed by atoms with Crippen molar-refractivity contribution in [3.8, 4) is 39.1 Å². The van der Waals surface area contributed by atoms with Gasteiger partial charge in [0.15, 0.2) is 0 Å². The number of rotatable bonds is 2. The Morgan fingerprint density at radius 2 is 1.00 bits per heavy atom. The van der Waals surface area contributed by atoms with E-state index < -0.39 is 0 Å². The van der Waals surface area contributed by atoms with Crippen molar-refractivity contribution in [3.05, 3.63) is 126 Å². The van der Waals surface area contributed by atoms with Crippen LogP contribution in [0.5, 0.6) is 5.75 Å². The van der Waals surface area contributed by atoms with Crippen molar-refractivity contribution in [1.82, 2.24) is 0 Å². The molecule has 1 N–H and O–H groups in total. The Hall–Kier alpha value is -4.36. The van der Waals surface area contributed by atoms with Crippen molar-refractivity contribution in [2.24, 2.45) is 0 Å². The fraction of sp³-hybridized carbons (Fsp3) is 0.0303. The summed E-state index contributed by atoms with van der Waals surface area (Å²) in [7, 11) is 0. The molecule has 1 aliphatic rings. The second-order valence-corrected chi connectivity index (χ2v) is 9.06. The van der Waals surface area contributed by atoms with Crippen LogP contribution in [0.1, 0.15) is 11.1 Å². The van der Waals surface area contributed by atoms with Gasteiger partial charge in [0.05, 0.1) is 0 Å². The van der Waals surface area contributed by atoms with Gasteiger partial charge < -0.3 is 5.11 Å². The Morgan fingerprint density at radius 1 is 0.471 bits per heavy atom. The molecule has 0 heterocycles. The second-order valence-electron chi connectivity index (χ2n) is 9.06. The van der Waals surface area contributed by atoms with E-state index in [2.05, 4.69) is 109 Å². The SMILES string of the molecule is Oc1cc2c(c(-c3cccc4ccccc34)c1-c1cccc3ccccc13)Cc1ccccc1-2. The number of benzene rings is 6. The van der Waals surface area contributed by atoms with E-state index in [9.17, 15) is 5.11 Å². The minimum atomic E-state index is 0.328. The van der Waals surface area contributed by atoms with Crippen LogP contribution in [0, 0.1) is 0 Å². The van der Waals surface area contributed by atoms with Crippen molar-refractivity contribution >= 4 is 21.5 Å². The van der Waals surface area contributed by atoms with E-state index in [1.165, 1.54) is 38.4 Å². The molecule has 0 unspecified atom stereocenters. The van der Waals surface area contributed by atoms with Crippen LogP contribution in [0.2, 0.25) is 0 Å². The van der Waals surface area contributed by atoms with Gasteiger partial charge in [0.2, 0.25) is 0 Å². The molecule has 0 radical (unpaired) electrons. The van der Waals surface area contributed by atoms with Gasteiger partial charge >= 0.3 is 0 Å². The molecule has 0 saturated heterocycles. The molecule has 1 aliphatic carbocycles. The molecule has 0 saturated carbocycles. The van der Waals surface area contributed by atoms with Gasteiger partial charge in [-0.3, -0.25) is 0 Å². The molecule has 0 fully saturated rings. The zero-order chi connectivity index (χ0) is 22.6. The van der Waals surface area contributed by atoms with E-state index in [4.69, 9.17) is 0 Å². The molecule has 6 aromatic carbocycles. The molecule has 1 nitrogen and oxygen atoms in total. The van der Waals surface area contributed by atoms with Crippen LogP contribution in [-0.4, -0.2) is 5.11 Å². The Kier molecular flexibility index (Phi) is 4.13. The van der Waals surface area contributed by atoms with Crippen molar-refractivity contribution in [1.29, 1.82) is 0 Å². The van der Waals surface area contributed by atoms with E-state index in [1.807, 2.05) is 6.07 Å². The summed E-state index contributed by atoms with van der Waals surface area (Å²) in [6.07, 6.45) is 0.863. The van der Waals surface area contributed by atoms with Gasteiger partial charge in [-0.15, -0.1) is 0 Å². The minimum Gasteiger partial charge on any atom is -0.507 e. The first kappa shape index (κ1) is 19.1.